The number of allylic oxidation sites excluding steroid dienone is 2. The van der Waals surface area contributed by atoms with Crippen LogP contribution in [-0.4, -0.2) is 22.2 Å². The Labute approximate surface area is 137 Å². The predicted octanol–water partition coefficient (Wildman–Crippen LogP) is 4.36. The summed E-state index contributed by atoms with van der Waals surface area (Å²) in [4.78, 5) is 12.4. The fourth-order valence-corrected chi connectivity index (χ4v) is 3.26. The summed E-state index contributed by atoms with van der Waals surface area (Å²) in [6.07, 6.45) is 7.72. The van der Waals surface area contributed by atoms with Gasteiger partial charge in [0.2, 0.25) is 0 Å². The fraction of sp³-hybridized carbons (Fsp3) is 0.111. The topological polar surface area (TPSA) is 43.6 Å². The molecule has 3 aromatic rings. The third-order valence-corrected chi connectivity index (χ3v) is 4.25. The molecule has 0 aliphatic heterocycles. The van der Waals surface area contributed by atoms with Gasteiger partial charge in [0.1, 0.15) is 10.7 Å². The fourth-order valence-electron chi connectivity index (χ4n) is 2.96. The highest BCUT2D eigenvalue weighted by atomic mass is 35.5. The van der Waals surface area contributed by atoms with Crippen LogP contribution >= 0.6 is 11.6 Å². The van der Waals surface area contributed by atoms with E-state index >= 15 is 0 Å². The third kappa shape index (κ3) is 1.99. The first-order valence-corrected chi connectivity index (χ1v) is 7.75. The Balaban J connectivity index is 2.19. The zero-order valence-corrected chi connectivity index (χ0v) is 13.2. The lowest BCUT2D eigenvalue weighted by Gasteiger charge is -2.06. The van der Waals surface area contributed by atoms with Crippen molar-refractivity contribution in [3.8, 4) is 0 Å². The maximum Gasteiger partial charge on any atom is 0.341 e. The first kappa shape index (κ1) is 14.0. The molecule has 0 fully saturated rings. The standard InChI is InChI=1S/C18H13ClN2O2/c1-2-23-18(22)15-13-9-4-3-8-12-11-7-5-6-10-14(11)20-21(16(12)13)17(15)19/h3-10H,2H2,1H3. The van der Waals surface area contributed by atoms with Crippen LogP contribution in [-0.2, 0) is 4.74 Å². The summed E-state index contributed by atoms with van der Waals surface area (Å²) in [6.45, 7) is 2.07. The molecule has 23 heavy (non-hydrogen) atoms. The van der Waals surface area contributed by atoms with E-state index in [1.165, 1.54) is 0 Å². The largest absolute Gasteiger partial charge is 0.462 e. The number of ether oxygens (including phenoxy) is 1. The molecule has 0 spiro atoms. The van der Waals surface area contributed by atoms with Crippen molar-refractivity contribution in [2.45, 2.75) is 6.92 Å². The Hall–Kier alpha value is -2.59. The summed E-state index contributed by atoms with van der Waals surface area (Å²) in [5.74, 6) is -0.431. The molecule has 0 radical (unpaired) electrons. The van der Waals surface area contributed by atoms with Gasteiger partial charge in [-0.1, -0.05) is 54.1 Å². The number of hydrogen-bond acceptors (Lipinski definition) is 3. The quantitative estimate of drug-likeness (QED) is 0.658. The lowest BCUT2D eigenvalue weighted by molar-refractivity contribution is 0.0526. The van der Waals surface area contributed by atoms with E-state index in [-0.39, 0.29) is 5.15 Å². The van der Waals surface area contributed by atoms with Crippen molar-refractivity contribution in [2.24, 2.45) is 0 Å². The van der Waals surface area contributed by atoms with E-state index in [4.69, 9.17) is 16.3 Å². The van der Waals surface area contributed by atoms with Crippen molar-refractivity contribution in [1.82, 2.24) is 9.61 Å². The molecule has 5 heteroatoms. The van der Waals surface area contributed by atoms with Gasteiger partial charge in [-0.3, -0.25) is 0 Å². The molecule has 0 bridgehead atoms. The van der Waals surface area contributed by atoms with E-state index in [1.807, 2.05) is 48.6 Å². The maximum absolute atomic E-state index is 12.4. The number of esters is 1. The second-order valence-corrected chi connectivity index (χ2v) is 5.57. The molecule has 0 amide bonds. The van der Waals surface area contributed by atoms with Crippen molar-refractivity contribution in [3.63, 3.8) is 0 Å². The van der Waals surface area contributed by atoms with E-state index in [9.17, 15) is 4.79 Å². The molecule has 0 saturated carbocycles. The predicted molar refractivity (Wildman–Crippen MR) is 91.7 cm³/mol. The third-order valence-electron chi connectivity index (χ3n) is 3.90. The van der Waals surface area contributed by atoms with Crippen LogP contribution in [0.5, 0.6) is 0 Å². The molecule has 0 N–H and O–H groups in total. The SMILES string of the molecule is CCOC(=O)c1c2c3c(c4ccccc4nn3c1Cl)C=CC=C2. The number of carbonyl (C=O) groups is 1. The monoisotopic (exact) mass is 324 g/mol. The summed E-state index contributed by atoms with van der Waals surface area (Å²) >= 11 is 6.47. The Bertz CT molecular complexity index is 1010. The highest BCUT2D eigenvalue weighted by molar-refractivity contribution is 6.34. The van der Waals surface area contributed by atoms with Crippen molar-refractivity contribution < 1.29 is 9.53 Å². The number of carbonyl (C=O) groups excluding carboxylic acids is 1. The molecule has 4 nitrogen and oxygen atoms in total. The van der Waals surface area contributed by atoms with Gasteiger partial charge in [-0.05, 0) is 13.0 Å². The molecular formula is C18H13ClN2O2. The van der Waals surface area contributed by atoms with Crippen molar-refractivity contribution in [3.05, 3.63) is 58.3 Å². The molecule has 0 saturated heterocycles. The Morgan fingerprint density at radius 2 is 1.96 bits per heavy atom. The number of benzene rings is 1. The summed E-state index contributed by atoms with van der Waals surface area (Å²) in [7, 11) is 0. The first-order valence-electron chi connectivity index (χ1n) is 7.37. The molecule has 0 atom stereocenters. The second-order valence-electron chi connectivity index (χ2n) is 5.21. The Morgan fingerprint density at radius 1 is 1.22 bits per heavy atom. The van der Waals surface area contributed by atoms with Crippen LogP contribution in [0.1, 0.15) is 28.4 Å². The molecule has 2 aromatic heterocycles. The molecular weight excluding hydrogens is 312 g/mol. The summed E-state index contributed by atoms with van der Waals surface area (Å²) in [6, 6.07) is 7.84. The van der Waals surface area contributed by atoms with Crippen LogP contribution in [0.2, 0.25) is 5.15 Å². The molecule has 0 unspecified atom stereocenters. The van der Waals surface area contributed by atoms with Gasteiger partial charge in [0.15, 0.2) is 0 Å². The average Bonchev–Trinajstić information content (AvgIpc) is 2.71. The van der Waals surface area contributed by atoms with E-state index in [1.54, 1.807) is 11.4 Å². The van der Waals surface area contributed by atoms with Gasteiger partial charge in [-0.15, -0.1) is 0 Å². The van der Waals surface area contributed by atoms with Crippen molar-refractivity contribution in [2.75, 3.05) is 6.61 Å². The van der Waals surface area contributed by atoms with Crippen LogP contribution in [0.25, 0.3) is 28.6 Å². The van der Waals surface area contributed by atoms with Gasteiger partial charge < -0.3 is 4.74 Å². The maximum atomic E-state index is 12.4. The summed E-state index contributed by atoms with van der Waals surface area (Å²) < 4.78 is 6.79. The number of halogens is 1. The first-order chi connectivity index (χ1) is 11.2. The van der Waals surface area contributed by atoms with E-state index in [0.29, 0.717) is 12.2 Å². The number of rotatable bonds is 2. The van der Waals surface area contributed by atoms with Crippen molar-refractivity contribution >= 4 is 46.1 Å². The van der Waals surface area contributed by atoms with Gasteiger partial charge in [0.25, 0.3) is 0 Å². The zero-order valence-electron chi connectivity index (χ0n) is 12.4. The average molecular weight is 325 g/mol. The lowest BCUT2D eigenvalue weighted by atomic mass is 10.1. The van der Waals surface area contributed by atoms with Gasteiger partial charge in [0, 0.05) is 16.5 Å². The minimum Gasteiger partial charge on any atom is -0.462 e. The van der Waals surface area contributed by atoms with Crippen LogP contribution in [0, 0.1) is 0 Å². The molecule has 114 valence electrons. The second kappa shape index (κ2) is 5.25. The number of hydrogen-bond donors (Lipinski definition) is 0. The Morgan fingerprint density at radius 3 is 2.74 bits per heavy atom. The highest BCUT2D eigenvalue weighted by Crippen LogP contribution is 2.35. The molecule has 2 heterocycles. The van der Waals surface area contributed by atoms with E-state index < -0.39 is 5.97 Å². The minimum atomic E-state index is -0.431. The van der Waals surface area contributed by atoms with Gasteiger partial charge in [-0.2, -0.15) is 5.10 Å². The van der Waals surface area contributed by atoms with Crippen LogP contribution < -0.4 is 0 Å². The minimum absolute atomic E-state index is 0.278. The molecule has 1 aromatic carbocycles. The Kier molecular flexibility index (Phi) is 3.20. The summed E-state index contributed by atoms with van der Waals surface area (Å²) in [5, 5.41) is 5.89. The zero-order chi connectivity index (χ0) is 16.0. The van der Waals surface area contributed by atoms with E-state index in [0.717, 1.165) is 27.5 Å². The normalized spacial score (nSPS) is 12.8. The van der Waals surface area contributed by atoms with Gasteiger partial charge >= 0.3 is 5.97 Å². The highest BCUT2D eigenvalue weighted by Gasteiger charge is 2.26. The number of nitrogens with zero attached hydrogens (tertiary/aromatic N) is 2. The molecule has 1 aliphatic carbocycles. The van der Waals surface area contributed by atoms with Crippen LogP contribution in [0.3, 0.4) is 0 Å². The van der Waals surface area contributed by atoms with Gasteiger partial charge in [0.05, 0.1) is 17.6 Å². The molecule has 4 rings (SSSR count). The smallest absolute Gasteiger partial charge is 0.341 e. The van der Waals surface area contributed by atoms with Crippen LogP contribution in [0.15, 0.2) is 36.4 Å². The number of fused-ring (bicyclic) bond motifs is 2. The molecule has 1 aliphatic rings. The van der Waals surface area contributed by atoms with Crippen LogP contribution in [0.4, 0.5) is 0 Å². The van der Waals surface area contributed by atoms with Crippen molar-refractivity contribution in [1.29, 1.82) is 0 Å². The van der Waals surface area contributed by atoms with Gasteiger partial charge in [-0.25, -0.2) is 9.31 Å². The lowest BCUT2D eigenvalue weighted by Crippen LogP contribution is -2.05. The summed E-state index contributed by atoms with van der Waals surface area (Å²) in [5.41, 5.74) is 3.74. The number of aromatic nitrogens is 2. The van der Waals surface area contributed by atoms with E-state index in [2.05, 4.69) is 5.10 Å².